The predicted octanol–water partition coefficient (Wildman–Crippen LogP) is 3.46. The fourth-order valence-corrected chi connectivity index (χ4v) is 3.22. The van der Waals surface area contributed by atoms with E-state index in [2.05, 4.69) is 27.6 Å². The zero-order valence-corrected chi connectivity index (χ0v) is 10.9. The fraction of sp³-hybridized carbons (Fsp3) is 0.455. The molecule has 84 valence electrons. The number of hydrogen-bond donors (Lipinski definition) is 1. The van der Waals surface area contributed by atoms with Crippen LogP contribution in [0, 0.1) is 13.8 Å². The second-order valence-corrected chi connectivity index (χ2v) is 6.36. The molecule has 0 bridgehead atoms. The van der Waals surface area contributed by atoms with Gasteiger partial charge in [0.1, 0.15) is 11.4 Å². The summed E-state index contributed by atoms with van der Waals surface area (Å²) >= 11 is 3.41. The Hall–Kier alpha value is -0.940. The molecule has 1 fully saturated rings. The van der Waals surface area contributed by atoms with Crippen molar-refractivity contribution in [1.82, 2.24) is 9.97 Å². The first-order chi connectivity index (χ1) is 7.72. The maximum atomic E-state index is 4.59. The number of hydrogen-bond acceptors (Lipinski definition) is 5. The summed E-state index contributed by atoms with van der Waals surface area (Å²) in [5.41, 5.74) is 2.05. The number of aromatic nitrogens is 2. The van der Waals surface area contributed by atoms with E-state index in [4.69, 9.17) is 0 Å². The molecule has 1 aliphatic rings. The molecule has 0 aliphatic heterocycles. The van der Waals surface area contributed by atoms with Gasteiger partial charge in [0.15, 0.2) is 5.13 Å². The summed E-state index contributed by atoms with van der Waals surface area (Å²) in [5, 5.41) is 7.64. The van der Waals surface area contributed by atoms with Crippen LogP contribution in [0.3, 0.4) is 0 Å². The van der Waals surface area contributed by atoms with Crippen molar-refractivity contribution in [2.75, 3.05) is 5.32 Å². The largest absolute Gasteiger partial charge is 0.359 e. The average Bonchev–Trinajstić information content (AvgIpc) is 2.80. The van der Waals surface area contributed by atoms with Gasteiger partial charge in [-0.05, 0) is 26.7 Å². The Labute approximate surface area is 103 Å². The lowest BCUT2D eigenvalue weighted by Crippen LogP contribution is -1.99. The van der Waals surface area contributed by atoms with Crippen LogP contribution in [0.15, 0.2) is 5.38 Å². The van der Waals surface area contributed by atoms with Gasteiger partial charge in [0, 0.05) is 16.3 Å². The van der Waals surface area contributed by atoms with Crippen LogP contribution in [0.5, 0.6) is 0 Å². The smallest absolute Gasteiger partial charge is 0.183 e. The highest BCUT2D eigenvalue weighted by Crippen LogP contribution is 2.32. The van der Waals surface area contributed by atoms with Gasteiger partial charge in [-0.3, -0.25) is 0 Å². The fourth-order valence-electron chi connectivity index (χ4n) is 1.62. The van der Waals surface area contributed by atoms with Crippen molar-refractivity contribution >= 4 is 27.8 Å². The maximum Gasteiger partial charge on any atom is 0.183 e. The summed E-state index contributed by atoms with van der Waals surface area (Å²) in [4.78, 5) is 10.4. The molecular weight excluding hydrogens is 238 g/mol. The van der Waals surface area contributed by atoms with Crippen LogP contribution < -0.4 is 5.32 Å². The first kappa shape index (κ1) is 10.2. The standard InChI is InChI=1S/C11H13N3S2/c1-6-10(12-7(2)16-6)9-5-15-11(14-9)13-8-3-4-8/h5,8H,3-4H2,1-2H3,(H,13,14). The minimum atomic E-state index is 0.664. The van der Waals surface area contributed by atoms with Crippen LogP contribution in [0.2, 0.25) is 0 Å². The molecule has 0 radical (unpaired) electrons. The van der Waals surface area contributed by atoms with Gasteiger partial charge in [0.05, 0.1) is 5.01 Å². The Morgan fingerprint density at radius 3 is 2.75 bits per heavy atom. The van der Waals surface area contributed by atoms with Gasteiger partial charge in [0.25, 0.3) is 0 Å². The molecule has 2 aromatic heterocycles. The van der Waals surface area contributed by atoms with E-state index in [0.717, 1.165) is 21.5 Å². The highest BCUT2D eigenvalue weighted by atomic mass is 32.1. The quantitative estimate of drug-likeness (QED) is 0.907. The van der Waals surface area contributed by atoms with Gasteiger partial charge < -0.3 is 5.32 Å². The van der Waals surface area contributed by atoms with Crippen LogP contribution in [0.4, 0.5) is 5.13 Å². The molecule has 1 N–H and O–H groups in total. The average molecular weight is 251 g/mol. The minimum Gasteiger partial charge on any atom is -0.359 e. The van der Waals surface area contributed by atoms with Gasteiger partial charge in [-0.1, -0.05) is 0 Å². The van der Waals surface area contributed by atoms with Crippen molar-refractivity contribution < 1.29 is 0 Å². The summed E-state index contributed by atoms with van der Waals surface area (Å²) in [6, 6.07) is 0.664. The second kappa shape index (κ2) is 3.82. The number of rotatable bonds is 3. The van der Waals surface area contributed by atoms with E-state index >= 15 is 0 Å². The van der Waals surface area contributed by atoms with Gasteiger partial charge in [-0.15, -0.1) is 22.7 Å². The number of thiazole rings is 2. The molecule has 0 atom stereocenters. The van der Waals surface area contributed by atoms with Crippen molar-refractivity contribution in [2.24, 2.45) is 0 Å². The molecule has 0 spiro atoms. The van der Waals surface area contributed by atoms with Crippen molar-refractivity contribution in [3.05, 3.63) is 15.3 Å². The van der Waals surface area contributed by atoms with Crippen LogP contribution in [0.25, 0.3) is 11.4 Å². The van der Waals surface area contributed by atoms with E-state index in [0.29, 0.717) is 6.04 Å². The molecule has 5 heteroatoms. The summed E-state index contributed by atoms with van der Waals surface area (Å²) in [6.45, 7) is 4.14. The lowest BCUT2D eigenvalue weighted by atomic mass is 10.3. The van der Waals surface area contributed by atoms with Crippen LogP contribution >= 0.6 is 22.7 Å². The predicted molar refractivity (Wildman–Crippen MR) is 69.3 cm³/mol. The van der Waals surface area contributed by atoms with Crippen molar-refractivity contribution in [3.63, 3.8) is 0 Å². The van der Waals surface area contributed by atoms with E-state index in [-0.39, 0.29) is 0 Å². The monoisotopic (exact) mass is 251 g/mol. The summed E-state index contributed by atoms with van der Waals surface area (Å²) in [7, 11) is 0. The maximum absolute atomic E-state index is 4.59. The molecule has 1 aliphatic carbocycles. The summed E-state index contributed by atoms with van der Waals surface area (Å²) in [6.07, 6.45) is 2.56. The second-order valence-electron chi connectivity index (χ2n) is 4.09. The zero-order valence-electron chi connectivity index (χ0n) is 9.28. The summed E-state index contributed by atoms with van der Waals surface area (Å²) in [5.74, 6) is 0. The number of nitrogens with one attached hydrogen (secondary N) is 1. The molecule has 3 rings (SSSR count). The molecule has 2 heterocycles. The van der Waals surface area contributed by atoms with Gasteiger partial charge >= 0.3 is 0 Å². The molecule has 1 saturated carbocycles. The van der Waals surface area contributed by atoms with Gasteiger partial charge in [-0.25, -0.2) is 9.97 Å². The number of aryl methyl sites for hydroxylation is 2. The third kappa shape index (κ3) is 1.97. The lowest BCUT2D eigenvalue weighted by molar-refractivity contribution is 1.14. The van der Waals surface area contributed by atoms with Gasteiger partial charge in [-0.2, -0.15) is 0 Å². The molecule has 2 aromatic rings. The van der Waals surface area contributed by atoms with Gasteiger partial charge in [0.2, 0.25) is 0 Å². The topological polar surface area (TPSA) is 37.8 Å². The molecular formula is C11H13N3S2. The molecule has 0 unspecified atom stereocenters. The van der Waals surface area contributed by atoms with E-state index in [9.17, 15) is 0 Å². The molecule has 0 amide bonds. The normalized spacial score (nSPS) is 15.4. The SMILES string of the molecule is Cc1nc(-c2csc(NC3CC3)n2)c(C)s1. The minimum absolute atomic E-state index is 0.664. The van der Waals surface area contributed by atoms with Crippen LogP contribution in [-0.2, 0) is 0 Å². The molecule has 16 heavy (non-hydrogen) atoms. The molecule has 0 aromatic carbocycles. The Bertz CT molecular complexity index is 511. The van der Waals surface area contributed by atoms with E-state index < -0.39 is 0 Å². The first-order valence-electron chi connectivity index (χ1n) is 5.39. The summed E-state index contributed by atoms with van der Waals surface area (Å²) < 4.78 is 0. The van der Waals surface area contributed by atoms with E-state index in [1.54, 1.807) is 22.7 Å². The highest BCUT2D eigenvalue weighted by Gasteiger charge is 2.22. The van der Waals surface area contributed by atoms with Crippen LogP contribution in [-0.4, -0.2) is 16.0 Å². The third-order valence-corrected chi connectivity index (χ3v) is 4.22. The molecule has 3 nitrogen and oxygen atoms in total. The zero-order chi connectivity index (χ0) is 11.1. The number of nitrogens with zero attached hydrogens (tertiary/aromatic N) is 2. The van der Waals surface area contributed by atoms with E-state index in [1.165, 1.54) is 17.7 Å². The Kier molecular flexibility index (Phi) is 2.44. The van der Waals surface area contributed by atoms with Crippen molar-refractivity contribution in [3.8, 4) is 11.4 Å². The molecule has 0 saturated heterocycles. The first-order valence-corrected chi connectivity index (χ1v) is 7.08. The Balaban J connectivity index is 1.87. The number of anilines is 1. The Morgan fingerprint density at radius 1 is 1.31 bits per heavy atom. The lowest BCUT2D eigenvalue weighted by Gasteiger charge is -1.96. The van der Waals surface area contributed by atoms with Crippen molar-refractivity contribution in [1.29, 1.82) is 0 Å². The van der Waals surface area contributed by atoms with E-state index in [1.807, 2.05) is 6.92 Å². The van der Waals surface area contributed by atoms with Crippen molar-refractivity contribution in [2.45, 2.75) is 32.7 Å². The highest BCUT2D eigenvalue weighted by molar-refractivity contribution is 7.14. The third-order valence-electron chi connectivity index (χ3n) is 2.56. The Morgan fingerprint density at radius 2 is 2.12 bits per heavy atom. The van der Waals surface area contributed by atoms with Crippen LogP contribution in [0.1, 0.15) is 22.7 Å².